The molecule has 0 bridgehead atoms. The Morgan fingerprint density at radius 3 is 2.89 bits per heavy atom. The fraction of sp³-hybridized carbons (Fsp3) is 0.500. The van der Waals surface area contributed by atoms with Crippen LogP contribution in [0.2, 0.25) is 0 Å². The van der Waals surface area contributed by atoms with Crippen molar-refractivity contribution in [3.8, 4) is 0 Å². The van der Waals surface area contributed by atoms with E-state index >= 15 is 0 Å². The second kappa shape index (κ2) is 3.95. The Kier molecular flexibility index (Phi) is 3.51. The van der Waals surface area contributed by atoms with Gasteiger partial charge in [-0.15, -0.1) is 0 Å². The molecular formula is C6H10O3. The summed E-state index contributed by atoms with van der Waals surface area (Å²) < 4.78 is 4.64. The minimum Gasteiger partial charge on any atom is -0.501 e. The third kappa shape index (κ3) is 3.58. The van der Waals surface area contributed by atoms with E-state index in [-0.39, 0.29) is 6.61 Å². The molecule has 0 spiro atoms. The van der Waals surface area contributed by atoms with Crippen molar-refractivity contribution >= 4 is 5.97 Å². The van der Waals surface area contributed by atoms with Gasteiger partial charge in [-0.3, -0.25) is 4.79 Å². The summed E-state index contributed by atoms with van der Waals surface area (Å²) in [6, 6.07) is 0. The number of carbonyl (C=O) groups is 1. The van der Waals surface area contributed by atoms with Crippen molar-refractivity contribution in [2.45, 2.75) is 6.92 Å². The van der Waals surface area contributed by atoms with Crippen LogP contribution in [0.3, 0.4) is 0 Å². The van der Waals surface area contributed by atoms with Gasteiger partial charge >= 0.3 is 5.97 Å². The number of ether oxygens (including phenoxy) is 1. The molecule has 0 aromatic heterocycles. The Bertz CT molecular complexity index is 109. The van der Waals surface area contributed by atoms with E-state index in [1.165, 1.54) is 6.26 Å². The Balaban J connectivity index is 3.37. The number of aliphatic carboxylic acids is 1. The van der Waals surface area contributed by atoms with Gasteiger partial charge < -0.3 is 9.84 Å². The molecule has 1 N–H and O–H groups in total. The van der Waals surface area contributed by atoms with Crippen molar-refractivity contribution in [2.24, 2.45) is 5.92 Å². The third-order valence-corrected chi connectivity index (χ3v) is 0.886. The second-order valence-corrected chi connectivity index (χ2v) is 1.74. The van der Waals surface area contributed by atoms with E-state index in [1.54, 1.807) is 6.92 Å². The fourth-order valence-electron chi connectivity index (χ4n) is 0.284. The first-order chi connectivity index (χ1) is 4.18. The van der Waals surface area contributed by atoms with E-state index in [1.807, 2.05) is 0 Å². The van der Waals surface area contributed by atoms with Gasteiger partial charge in [-0.2, -0.15) is 0 Å². The highest BCUT2D eigenvalue weighted by Gasteiger charge is 2.09. The molecule has 1 atom stereocenters. The number of hydrogen-bond acceptors (Lipinski definition) is 2. The predicted molar refractivity (Wildman–Crippen MR) is 32.9 cm³/mol. The molecule has 0 fully saturated rings. The molecule has 0 radical (unpaired) electrons. The smallest absolute Gasteiger partial charge is 0.309 e. The lowest BCUT2D eigenvalue weighted by Crippen LogP contribution is -2.14. The topological polar surface area (TPSA) is 46.5 Å². The largest absolute Gasteiger partial charge is 0.501 e. The summed E-state index contributed by atoms with van der Waals surface area (Å²) in [5, 5.41) is 8.29. The molecule has 0 aliphatic rings. The van der Waals surface area contributed by atoms with E-state index in [4.69, 9.17) is 5.11 Å². The van der Waals surface area contributed by atoms with Crippen LogP contribution in [-0.4, -0.2) is 17.7 Å². The van der Waals surface area contributed by atoms with Gasteiger partial charge in [-0.1, -0.05) is 6.58 Å². The maximum Gasteiger partial charge on any atom is 0.309 e. The maximum absolute atomic E-state index is 10.1. The van der Waals surface area contributed by atoms with Crippen molar-refractivity contribution < 1.29 is 14.6 Å². The van der Waals surface area contributed by atoms with Crippen LogP contribution in [0.1, 0.15) is 6.92 Å². The van der Waals surface area contributed by atoms with Crippen LogP contribution in [0.5, 0.6) is 0 Å². The highest BCUT2D eigenvalue weighted by molar-refractivity contribution is 5.69. The molecule has 0 heterocycles. The molecule has 0 amide bonds. The fourth-order valence-corrected chi connectivity index (χ4v) is 0.284. The SMILES string of the molecule is C=COCC(C)C(=O)O. The molecule has 9 heavy (non-hydrogen) atoms. The molecule has 1 unspecified atom stereocenters. The second-order valence-electron chi connectivity index (χ2n) is 1.74. The molecule has 3 nitrogen and oxygen atoms in total. The zero-order chi connectivity index (χ0) is 7.28. The van der Waals surface area contributed by atoms with Gasteiger partial charge in [0.15, 0.2) is 0 Å². The number of carboxylic acid groups (broad SMARTS) is 1. The number of hydrogen-bond donors (Lipinski definition) is 1. The summed E-state index contributed by atoms with van der Waals surface area (Å²) >= 11 is 0. The minimum absolute atomic E-state index is 0.193. The number of carboxylic acids is 1. The van der Waals surface area contributed by atoms with Crippen molar-refractivity contribution in [1.82, 2.24) is 0 Å². The molecule has 0 aliphatic carbocycles. The summed E-state index contributed by atoms with van der Waals surface area (Å²) in [5.74, 6) is -1.31. The summed E-state index contributed by atoms with van der Waals surface area (Å²) in [7, 11) is 0. The van der Waals surface area contributed by atoms with Crippen molar-refractivity contribution in [3.05, 3.63) is 12.8 Å². The van der Waals surface area contributed by atoms with Crippen molar-refractivity contribution in [2.75, 3.05) is 6.61 Å². The zero-order valence-electron chi connectivity index (χ0n) is 5.33. The third-order valence-electron chi connectivity index (χ3n) is 0.886. The Morgan fingerprint density at radius 1 is 2.00 bits per heavy atom. The Morgan fingerprint density at radius 2 is 2.56 bits per heavy atom. The zero-order valence-corrected chi connectivity index (χ0v) is 5.33. The maximum atomic E-state index is 10.1. The Labute approximate surface area is 53.9 Å². The lowest BCUT2D eigenvalue weighted by atomic mass is 10.2. The first-order valence-corrected chi connectivity index (χ1v) is 2.63. The lowest BCUT2D eigenvalue weighted by Gasteiger charge is -2.03. The van der Waals surface area contributed by atoms with Crippen molar-refractivity contribution in [1.29, 1.82) is 0 Å². The first kappa shape index (κ1) is 8.01. The van der Waals surface area contributed by atoms with E-state index < -0.39 is 11.9 Å². The van der Waals surface area contributed by atoms with Gasteiger partial charge in [0.2, 0.25) is 0 Å². The molecule has 0 aliphatic heterocycles. The van der Waals surface area contributed by atoms with Crippen LogP contribution < -0.4 is 0 Å². The van der Waals surface area contributed by atoms with Gasteiger partial charge in [-0.25, -0.2) is 0 Å². The highest BCUT2D eigenvalue weighted by atomic mass is 16.5. The van der Waals surface area contributed by atoms with Gasteiger partial charge in [0.25, 0.3) is 0 Å². The molecule has 0 aromatic carbocycles. The molecule has 0 rings (SSSR count). The molecule has 0 saturated heterocycles. The predicted octanol–water partition coefficient (Wildman–Crippen LogP) is 0.867. The van der Waals surface area contributed by atoms with Gasteiger partial charge in [-0.05, 0) is 6.92 Å². The normalized spacial score (nSPS) is 12.1. The quantitative estimate of drug-likeness (QED) is 0.574. The van der Waals surface area contributed by atoms with E-state index in [9.17, 15) is 4.79 Å². The summed E-state index contributed by atoms with van der Waals surface area (Å²) in [4.78, 5) is 10.1. The summed E-state index contributed by atoms with van der Waals surface area (Å²) in [6.45, 7) is 5.05. The molecule has 3 heteroatoms. The van der Waals surface area contributed by atoms with E-state index in [2.05, 4.69) is 11.3 Å². The van der Waals surface area contributed by atoms with Crippen LogP contribution >= 0.6 is 0 Å². The van der Waals surface area contributed by atoms with Gasteiger partial charge in [0.05, 0.1) is 12.2 Å². The van der Waals surface area contributed by atoms with E-state index in [0.29, 0.717) is 0 Å². The molecule has 0 saturated carbocycles. The van der Waals surface area contributed by atoms with Gasteiger partial charge in [0, 0.05) is 0 Å². The summed E-state index contributed by atoms with van der Waals surface area (Å²) in [6.07, 6.45) is 1.24. The van der Waals surface area contributed by atoms with Crippen LogP contribution in [0.25, 0.3) is 0 Å². The molecule has 52 valence electrons. The van der Waals surface area contributed by atoms with Crippen LogP contribution in [-0.2, 0) is 9.53 Å². The highest BCUT2D eigenvalue weighted by Crippen LogP contribution is 1.94. The molecular weight excluding hydrogens is 120 g/mol. The minimum atomic E-state index is -0.850. The molecule has 0 aromatic rings. The summed E-state index contributed by atoms with van der Waals surface area (Å²) in [5.41, 5.74) is 0. The average Bonchev–Trinajstić information content (AvgIpc) is 1.82. The first-order valence-electron chi connectivity index (χ1n) is 2.63. The van der Waals surface area contributed by atoms with Crippen LogP contribution in [0.15, 0.2) is 12.8 Å². The Hall–Kier alpha value is -0.990. The standard InChI is InChI=1S/C6H10O3/c1-3-9-4-5(2)6(7)8/h3,5H,1,4H2,2H3,(H,7,8). The van der Waals surface area contributed by atoms with Crippen molar-refractivity contribution in [3.63, 3.8) is 0 Å². The lowest BCUT2D eigenvalue weighted by molar-refractivity contribution is -0.142. The van der Waals surface area contributed by atoms with E-state index in [0.717, 1.165) is 0 Å². The average molecular weight is 130 g/mol. The van der Waals surface area contributed by atoms with Crippen LogP contribution in [0, 0.1) is 5.92 Å². The number of rotatable bonds is 4. The monoisotopic (exact) mass is 130 g/mol. The van der Waals surface area contributed by atoms with Gasteiger partial charge in [0.1, 0.15) is 6.61 Å². The van der Waals surface area contributed by atoms with Crippen LogP contribution in [0.4, 0.5) is 0 Å².